The van der Waals surface area contributed by atoms with Gasteiger partial charge in [-0.1, -0.05) is 24.3 Å². The molecule has 0 aliphatic heterocycles. The Morgan fingerprint density at radius 3 is 2.33 bits per heavy atom. The highest BCUT2D eigenvalue weighted by molar-refractivity contribution is 5.88. The molecule has 0 heterocycles. The van der Waals surface area contributed by atoms with Crippen LogP contribution in [-0.4, -0.2) is 7.11 Å². The third-order valence-electron chi connectivity index (χ3n) is 2.28. The number of hydrogen-bond donors (Lipinski definition) is 1. The number of hydrogen-bond acceptors (Lipinski definition) is 4. The van der Waals surface area contributed by atoms with Crippen molar-refractivity contribution in [3.8, 4) is 5.75 Å². The van der Waals surface area contributed by atoms with Crippen molar-refractivity contribution in [3.63, 3.8) is 0 Å². The molecule has 0 unspecified atom stereocenters. The van der Waals surface area contributed by atoms with E-state index in [1.165, 1.54) is 7.11 Å². The van der Waals surface area contributed by atoms with Gasteiger partial charge in [0.15, 0.2) is 0 Å². The van der Waals surface area contributed by atoms with E-state index in [9.17, 15) is 5.21 Å². The molecule has 2 rings (SSSR count). The largest absolute Gasteiger partial charge is 0.743 e. The van der Waals surface area contributed by atoms with Crippen LogP contribution in [-0.2, 0) is 0 Å². The minimum Gasteiger partial charge on any atom is -0.743 e. The maximum absolute atomic E-state index is 11.1. The maximum atomic E-state index is 11.1. The fraction of sp³-hybridized carbons (Fsp3) is 0.0909. The molecule has 2 aromatic carbocycles. The molecule has 0 saturated heterocycles. The van der Waals surface area contributed by atoms with E-state index in [-0.39, 0.29) is 0 Å². The van der Waals surface area contributed by atoms with Gasteiger partial charge in [0.1, 0.15) is 5.75 Å². The summed E-state index contributed by atoms with van der Waals surface area (Å²) in [6.45, 7) is 0. The van der Waals surface area contributed by atoms with Gasteiger partial charge in [-0.15, -0.1) is 0 Å². The Bertz CT molecular complexity index is 483. The summed E-state index contributed by atoms with van der Waals surface area (Å²) in [6.07, 6.45) is 0. The lowest BCUT2D eigenvalue weighted by atomic mass is 10.1. The molecular weight excluding hydrogens is 192 g/mol. The summed E-state index contributed by atoms with van der Waals surface area (Å²) >= 11 is 0. The lowest BCUT2D eigenvalue weighted by Crippen LogP contribution is -2.23. The molecule has 15 heavy (non-hydrogen) atoms. The van der Waals surface area contributed by atoms with E-state index in [2.05, 4.69) is 0 Å². The van der Waals surface area contributed by atoms with E-state index >= 15 is 0 Å². The second kappa shape index (κ2) is 3.76. The van der Waals surface area contributed by atoms with Crippen LogP contribution in [0.2, 0.25) is 0 Å². The molecule has 0 aliphatic rings. The van der Waals surface area contributed by atoms with Crippen molar-refractivity contribution in [2.75, 3.05) is 12.3 Å². The topological polar surface area (TPSA) is 61.5 Å². The van der Waals surface area contributed by atoms with Gasteiger partial charge < -0.3 is 15.1 Å². The normalized spacial score (nSPS) is 10.3. The predicted octanol–water partition coefficient (Wildman–Crippen LogP) is 2.03. The number of methoxy groups -OCH3 is 1. The van der Waals surface area contributed by atoms with E-state index in [1.54, 1.807) is 12.1 Å². The third kappa shape index (κ3) is 1.72. The molecule has 4 heteroatoms. The number of nitrogens with zero attached hydrogens (tertiary/aromatic N) is 1. The average Bonchev–Trinajstić information content (AvgIpc) is 2.27. The summed E-state index contributed by atoms with van der Waals surface area (Å²) in [5.41, 5.74) is 0.330. The van der Waals surface area contributed by atoms with Gasteiger partial charge in [-0.2, -0.15) is 0 Å². The second-order valence-electron chi connectivity index (χ2n) is 3.20. The lowest BCUT2D eigenvalue weighted by molar-refractivity contribution is 0.416. The minimum atomic E-state index is 0.311. The Kier molecular flexibility index (Phi) is 2.45. The number of ether oxygens (including phenoxy) is 1. The molecule has 0 aliphatic carbocycles. The van der Waals surface area contributed by atoms with Crippen LogP contribution >= 0.6 is 0 Å². The number of rotatable bonds is 2. The highest BCUT2D eigenvalue weighted by Crippen LogP contribution is 2.31. The fourth-order valence-corrected chi connectivity index (χ4v) is 1.54. The standard InChI is InChI=1S/C11H11N2O2/c1-15-11-7-9-5-3-2-4-8(9)6-10(11)13(12)14/h2-7H,12H2,1H3/q-1. The van der Waals surface area contributed by atoms with E-state index in [0.717, 1.165) is 10.8 Å². The Morgan fingerprint density at radius 1 is 1.20 bits per heavy atom. The Morgan fingerprint density at radius 2 is 1.80 bits per heavy atom. The first-order valence-electron chi connectivity index (χ1n) is 4.51. The summed E-state index contributed by atoms with van der Waals surface area (Å²) in [5.74, 6) is 5.66. The van der Waals surface area contributed by atoms with Crippen molar-refractivity contribution in [1.82, 2.24) is 0 Å². The first kappa shape index (κ1) is 9.76. The number of anilines is 1. The van der Waals surface area contributed by atoms with Crippen molar-refractivity contribution >= 4 is 16.5 Å². The first-order valence-corrected chi connectivity index (χ1v) is 4.51. The molecule has 2 N–H and O–H groups in total. The van der Waals surface area contributed by atoms with Crippen molar-refractivity contribution in [2.45, 2.75) is 0 Å². The van der Waals surface area contributed by atoms with Crippen LogP contribution in [0.3, 0.4) is 0 Å². The molecule has 0 fully saturated rings. The molecule has 0 amide bonds. The minimum absolute atomic E-state index is 0.311. The van der Waals surface area contributed by atoms with Crippen molar-refractivity contribution in [2.24, 2.45) is 5.84 Å². The smallest absolute Gasteiger partial charge is 0.143 e. The highest BCUT2D eigenvalue weighted by atomic mass is 16.5. The summed E-state index contributed by atoms with van der Waals surface area (Å²) < 4.78 is 5.09. The molecule has 0 radical (unpaired) electrons. The maximum Gasteiger partial charge on any atom is 0.143 e. The molecule has 0 bridgehead atoms. The van der Waals surface area contributed by atoms with Gasteiger partial charge in [0, 0.05) is 0 Å². The number of nitrogens with two attached hydrogens (primary N) is 1. The summed E-state index contributed by atoms with van der Waals surface area (Å²) in [4.78, 5) is 0. The second-order valence-corrected chi connectivity index (χ2v) is 3.20. The first-order chi connectivity index (χ1) is 7.22. The van der Waals surface area contributed by atoms with Gasteiger partial charge in [-0.25, -0.2) is 0 Å². The Balaban J connectivity index is 2.69. The van der Waals surface area contributed by atoms with Crippen molar-refractivity contribution < 1.29 is 4.74 Å². The van der Waals surface area contributed by atoms with Gasteiger partial charge in [0.25, 0.3) is 0 Å². The van der Waals surface area contributed by atoms with E-state index < -0.39 is 0 Å². The number of benzene rings is 2. The molecule has 2 aromatic rings. The Labute approximate surface area is 87.4 Å². The van der Waals surface area contributed by atoms with Crippen molar-refractivity contribution in [1.29, 1.82) is 0 Å². The SMILES string of the molecule is COc1cc2ccccc2cc1N(N)[O-]. The number of hydrazine groups is 1. The van der Waals surface area contributed by atoms with Gasteiger partial charge >= 0.3 is 0 Å². The summed E-state index contributed by atoms with van der Waals surface area (Å²) in [7, 11) is 1.51. The van der Waals surface area contributed by atoms with Crippen LogP contribution < -0.4 is 15.8 Å². The summed E-state index contributed by atoms with van der Waals surface area (Å²) in [6, 6.07) is 11.2. The zero-order valence-electron chi connectivity index (χ0n) is 8.31. The average molecular weight is 203 g/mol. The molecular formula is C11H11N2O2-. The van der Waals surface area contributed by atoms with Crippen LogP contribution in [0.15, 0.2) is 36.4 Å². The summed E-state index contributed by atoms with van der Waals surface area (Å²) in [5, 5.41) is 13.4. The van der Waals surface area contributed by atoms with E-state index in [0.29, 0.717) is 16.6 Å². The molecule has 0 atom stereocenters. The lowest BCUT2D eigenvalue weighted by Gasteiger charge is -2.26. The van der Waals surface area contributed by atoms with Crippen LogP contribution in [0.4, 0.5) is 5.69 Å². The molecule has 0 saturated carbocycles. The third-order valence-corrected chi connectivity index (χ3v) is 2.28. The number of fused-ring (bicyclic) bond motifs is 1. The molecule has 0 spiro atoms. The van der Waals surface area contributed by atoms with E-state index in [1.807, 2.05) is 24.3 Å². The highest BCUT2D eigenvalue weighted by Gasteiger charge is 2.04. The molecule has 0 aromatic heterocycles. The van der Waals surface area contributed by atoms with Crippen LogP contribution in [0.5, 0.6) is 5.75 Å². The van der Waals surface area contributed by atoms with Gasteiger partial charge in [-0.05, 0) is 22.9 Å². The van der Waals surface area contributed by atoms with Crippen LogP contribution in [0.25, 0.3) is 10.8 Å². The van der Waals surface area contributed by atoms with Crippen LogP contribution in [0.1, 0.15) is 0 Å². The van der Waals surface area contributed by atoms with Crippen molar-refractivity contribution in [3.05, 3.63) is 41.6 Å². The van der Waals surface area contributed by atoms with Gasteiger partial charge in [0.2, 0.25) is 0 Å². The van der Waals surface area contributed by atoms with E-state index in [4.69, 9.17) is 10.6 Å². The quantitative estimate of drug-likeness (QED) is 0.599. The van der Waals surface area contributed by atoms with Gasteiger partial charge in [-0.3, -0.25) is 5.84 Å². The van der Waals surface area contributed by atoms with Gasteiger partial charge in [0.05, 0.1) is 12.8 Å². The monoisotopic (exact) mass is 203 g/mol. The molecule has 78 valence electrons. The predicted molar refractivity (Wildman–Crippen MR) is 60.5 cm³/mol. The van der Waals surface area contributed by atoms with Crippen LogP contribution in [0, 0.1) is 5.21 Å². The molecule has 4 nitrogen and oxygen atoms in total. The zero-order valence-corrected chi connectivity index (χ0v) is 8.31. The fourth-order valence-electron chi connectivity index (χ4n) is 1.54. The Hall–Kier alpha value is -1.78. The zero-order chi connectivity index (χ0) is 10.8.